The van der Waals surface area contributed by atoms with Gasteiger partial charge in [0.1, 0.15) is 11.6 Å². The predicted octanol–water partition coefficient (Wildman–Crippen LogP) is 3.44. The van der Waals surface area contributed by atoms with Crippen LogP contribution in [0.2, 0.25) is 0 Å². The van der Waals surface area contributed by atoms with E-state index in [0.717, 1.165) is 18.4 Å². The maximum Gasteiger partial charge on any atom is 0.253 e. The van der Waals surface area contributed by atoms with Crippen LogP contribution < -0.4 is 0 Å². The van der Waals surface area contributed by atoms with Gasteiger partial charge in [0.05, 0.1) is 12.7 Å². The number of carbonyl (C=O) groups is 1. The fourth-order valence-corrected chi connectivity index (χ4v) is 3.81. The quantitative estimate of drug-likeness (QED) is 0.854. The third-order valence-corrected chi connectivity index (χ3v) is 5.09. The van der Waals surface area contributed by atoms with E-state index in [0.29, 0.717) is 25.3 Å². The van der Waals surface area contributed by atoms with E-state index < -0.39 is 0 Å². The number of halogens is 2. The summed E-state index contributed by atoms with van der Waals surface area (Å²) in [5, 5.41) is 0. The first-order valence-corrected chi connectivity index (χ1v) is 8.44. The van der Waals surface area contributed by atoms with Crippen molar-refractivity contribution in [2.75, 3.05) is 19.7 Å². The van der Waals surface area contributed by atoms with Crippen LogP contribution in [-0.4, -0.2) is 36.6 Å². The minimum absolute atomic E-state index is 0.0282. The summed E-state index contributed by atoms with van der Waals surface area (Å²) in [5.74, 6) is -0.640. The van der Waals surface area contributed by atoms with E-state index in [1.54, 1.807) is 17.0 Å². The van der Waals surface area contributed by atoms with Gasteiger partial charge in [-0.15, -0.1) is 0 Å². The van der Waals surface area contributed by atoms with Crippen LogP contribution in [0.15, 0.2) is 48.5 Å². The molecule has 1 atom stereocenters. The largest absolute Gasteiger partial charge is 0.377 e. The second-order valence-electron chi connectivity index (χ2n) is 7.14. The lowest BCUT2D eigenvalue weighted by Crippen LogP contribution is -2.59. The number of amides is 1. The molecule has 5 heteroatoms. The molecule has 0 aromatic heterocycles. The van der Waals surface area contributed by atoms with Crippen LogP contribution in [0.25, 0.3) is 0 Å². The first kappa shape index (κ1) is 16.2. The summed E-state index contributed by atoms with van der Waals surface area (Å²) in [5.41, 5.74) is 1.60. The highest BCUT2D eigenvalue weighted by Crippen LogP contribution is 2.42. The number of hydrogen-bond donors (Lipinski definition) is 0. The molecule has 2 saturated heterocycles. The number of nitrogens with zero attached hydrogens (tertiary/aromatic N) is 1. The highest BCUT2D eigenvalue weighted by atomic mass is 19.1. The smallest absolute Gasteiger partial charge is 0.253 e. The normalized spacial score (nSPS) is 21.4. The number of hydrogen-bond acceptors (Lipinski definition) is 2. The summed E-state index contributed by atoms with van der Waals surface area (Å²) in [4.78, 5) is 14.2. The van der Waals surface area contributed by atoms with Crippen LogP contribution in [0.5, 0.6) is 0 Å². The molecule has 0 unspecified atom stereocenters. The summed E-state index contributed by atoms with van der Waals surface area (Å²) in [6, 6.07) is 12.2. The molecule has 2 aromatic rings. The Morgan fingerprint density at radius 3 is 2.28 bits per heavy atom. The van der Waals surface area contributed by atoms with Crippen molar-refractivity contribution >= 4 is 5.91 Å². The average molecular weight is 343 g/mol. The Morgan fingerprint density at radius 2 is 1.64 bits per heavy atom. The SMILES string of the molecule is O=C(c1ccc(F)cc1)N1CC2(CO[C@@H](Cc3ccc(F)cc3)C2)C1. The Morgan fingerprint density at radius 1 is 1.04 bits per heavy atom. The summed E-state index contributed by atoms with van der Waals surface area (Å²) in [6.45, 7) is 1.98. The molecule has 25 heavy (non-hydrogen) atoms. The van der Waals surface area contributed by atoms with Crippen molar-refractivity contribution in [3.8, 4) is 0 Å². The molecule has 3 nitrogen and oxygen atoms in total. The summed E-state index contributed by atoms with van der Waals surface area (Å²) < 4.78 is 31.9. The Balaban J connectivity index is 1.33. The lowest BCUT2D eigenvalue weighted by Gasteiger charge is -2.47. The number of rotatable bonds is 3. The van der Waals surface area contributed by atoms with Crippen LogP contribution in [0.3, 0.4) is 0 Å². The fourth-order valence-electron chi connectivity index (χ4n) is 3.81. The molecule has 2 aliphatic rings. The lowest BCUT2D eigenvalue weighted by atomic mass is 9.77. The maximum atomic E-state index is 13.0. The van der Waals surface area contributed by atoms with Crippen LogP contribution >= 0.6 is 0 Å². The minimum atomic E-state index is -0.343. The molecule has 0 N–H and O–H groups in total. The molecule has 2 fully saturated rings. The molecular formula is C20H19F2NO2. The highest BCUT2D eigenvalue weighted by Gasteiger charge is 2.50. The zero-order valence-electron chi connectivity index (χ0n) is 13.8. The van der Waals surface area contributed by atoms with Crippen molar-refractivity contribution in [3.63, 3.8) is 0 Å². The van der Waals surface area contributed by atoms with Gasteiger partial charge in [0, 0.05) is 24.1 Å². The van der Waals surface area contributed by atoms with Crippen molar-refractivity contribution in [2.45, 2.75) is 18.9 Å². The number of carbonyl (C=O) groups excluding carboxylic acids is 1. The monoisotopic (exact) mass is 343 g/mol. The molecule has 2 heterocycles. The second kappa shape index (κ2) is 6.23. The van der Waals surface area contributed by atoms with E-state index in [-0.39, 0.29) is 29.1 Å². The number of likely N-dealkylation sites (tertiary alicyclic amines) is 1. The van der Waals surface area contributed by atoms with Gasteiger partial charge >= 0.3 is 0 Å². The Bertz CT molecular complexity index is 767. The molecular weight excluding hydrogens is 324 g/mol. The van der Waals surface area contributed by atoms with Gasteiger partial charge in [-0.2, -0.15) is 0 Å². The minimum Gasteiger partial charge on any atom is -0.377 e. The Labute approximate surface area is 145 Å². The first-order valence-electron chi connectivity index (χ1n) is 8.44. The fraction of sp³-hybridized carbons (Fsp3) is 0.350. The molecule has 4 rings (SSSR count). The van der Waals surface area contributed by atoms with Gasteiger partial charge in [0.25, 0.3) is 5.91 Å². The van der Waals surface area contributed by atoms with Crippen molar-refractivity contribution < 1.29 is 18.3 Å². The molecule has 2 aromatic carbocycles. The topological polar surface area (TPSA) is 29.5 Å². The predicted molar refractivity (Wildman–Crippen MR) is 89.2 cm³/mol. The van der Waals surface area contributed by atoms with E-state index in [2.05, 4.69) is 0 Å². The summed E-state index contributed by atoms with van der Waals surface area (Å²) >= 11 is 0. The number of benzene rings is 2. The molecule has 0 aliphatic carbocycles. The van der Waals surface area contributed by atoms with Crippen LogP contribution in [0.4, 0.5) is 8.78 Å². The molecule has 2 aliphatic heterocycles. The van der Waals surface area contributed by atoms with Gasteiger partial charge in [-0.1, -0.05) is 12.1 Å². The zero-order valence-corrected chi connectivity index (χ0v) is 13.8. The summed E-state index contributed by atoms with van der Waals surface area (Å²) in [6.07, 6.45) is 1.76. The number of ether oxygens (including phenoxy) is 1. The van der Waals surface area contributed by atoms with Gasteiger partial charge in [-0.3, -0.25) is 4.79 Å². The molecule has 1 spiro atoms. The Hall–Kier alpha value is -2.27. The highest BCUT2D eigenvalue weighted by molar-refractivity contribution is 5.94. The molecule has 0 radical (unpaired) electrons. The maximum absolute atomic E-state index is 13.0. The molecule has 130 valence electrons. The van der Waals surface area contributed by atoms with Crippen molar-refractivity contribution in [1.29, 1.82) is 0 Å². The second-order valence-corrected chi connectivity index (χ2v) is 7.14. The van der Waals surface area contributed by atoms with E-state index in [4.69, 9.17) is 4.74 Å². The molecule has 0 saturated carbocycles. The third kappa shape index (κ3) is 3.29. The van der Waals surface area contributed by atoms with E-state index >= 15 is 0 Å². The molecule has 1 amide bonds. The van der Waals surface area contributed by atoms with Gasteiger partial charge in [0.2, 0.25) is 0 Å². The van der Waals surface area contributed by atoms with Crippen molar-refractivity contribution in [1.82, 2.24) is 4.90 Å². The standard InChI is InChI=1S/C20H19F2NO2/c21-16-5-1-14(2-6-16)9-18-10-20(13-25-18)11-23(12-20)19(24)15-3-7-17(22)8-4-15/h1-8,18H,9-13H2/t18-/m0/s1. The Kier molecular flexibility index (Phi) is 4.04. The molecule has 0 bridgehead atoms. The van der Waals surface area contributed by atoms with E-state index in [1.807, 2.05) is 0 Å². The van der Waals surface area contributed by atoms with Gasteiger partial charge in [-0.25, -0.2) is 8.78 Å². The van der Waals surface area contributed by atoms with Crippen LogP contribution in [0, 0.1) is 17.0 Å². The first-order chi connectivity index (χ1) is 12.0. The van der Waals surface area contributed by atoms with Crippen LogP contribution in [-0.2, 0) is 11.2 Å². The lowest BCUT2D eigenvalue weighted by molar-refractivity contribution is -0.00134. The third-order valence-electron chi connectivity index (χ3n) is 5.09. The van der Waals surface area contributed by atoms with Gasteiger partial charge < -0.3 is 9.64 Å². The van der Waals surface area contributed by atoms with E-state index in [1.165, 1.54) is 36.4 Å². The summed E-state index contributed by atoms with van der Waals surface area (Å²) in [7, 11) is 0. The zero-order chi connectivity index (χ0) is 17.4. The van der Waals surface area contributed by atoms with Gasteiger partial charge in [-0.05, 0) is 54.8 Å². The van der Waals surface area contributed by atoms with Crippen molar-refractivity contribution in [2.24, 2.45) is 5.41 Å². The van der Waals surface area contributed by atoms with Crippen molar-refractivity contribution in [3.05, 3.63) is 71.3 Å². The van der Waals surface area contributed by atoms with E-state index in [9.17, 15) is 13.6 Å². The van der Waals surface area contributed by atoms with Crippen LogP contribution in [0.1, 0.15) is 22.3 Å². The van der Waals surface area contributed by atoms with Gasteiger partial charge in [0.15, 0.2) is 0 Å². The average Bonchev–Trinajstić information content (AvgIpc) is 3.00.